The Morgan fingerprint density at radius 3 is 2.90 bits per heavy atom. The van der Waals surface area contributed by atoms with Gasteiger partial charge in [0.2, 0.25) is 0 Å². The van der Waals surface area contributed by atoms with Crippen molar-refractivity contribution in [1.29, 1.82) is 0 Å². The van der Waals surface area contributed by atoms with E-state index in [1.807, 2.05) is 29.9 Å². The summed E-state index contributed by atoms with van der Waals surface area (Å²) in [5.41, 5.74) is 3.99. The van der Waals surface area contributed by atoms with E-state index in [0.717, 1.165) is 45.6 Å². The molecular weight excluding hydrogens is 332 g/mol. The first-order chi connectivity index (χ1) is 10.1. The molecule has 0 radical (unpaired) electrons. The first kappa shape index (κ1) is 14.3. The number of hydrogen-bond donors (Lipinski definition) is 0. The number of aryl methyl sites for hydroxylation is 3. The molecule has 0 unspecified atom stereocenters. The van der Waals surface area contributed by atoms with Crippen LogP contribution in [-0.2, 0) is 26.5 Å². The molecule has 0 aliphatic heterocycles. The molecule has 0 spiro atoms. The minimum atomic E-state index is 0.235. The Morgan fingerprint density at radius 1 is 1.38 bits per heavy atom. The number of ether oxygens (including phenoxy) is 1. The molecule has 1 aliphatic rings. The summed E-state index contributed by atoms with van der Waals surface area (Å²) in [6.45, 7) is 2.53. The lowest BCUT2D eigenvalue weighted by Gasteiger charge is -2.08. The maximum Gasteiger partial charge on any atom is 0.163 e. The van der Waals surface area contributed by atoms with Crippen LogP contribution in [-0.4, -0.2) is 15.6 Å². The lowest BCUT2D eigenvalue weighted by atomic mass is 10.1. The highest BCUT2D eigenvalue weighted by Gasteiger charge is 2.20. The third kappa shape index (κ3) is 2.62. The second kappa shape index (κ2) is 5.64. The molecule has 1 aromatic heterocycles. The van der Waals surface area contributed by atoms with Crippen LogP contribution >= 0.6 is 15.9 Å². The van der Waals surface area contributed by atoms with Crippen LogP contribution in [0.15, 0.2) is 22.7 Å². The van der Waals surface area contributed by atoms with Gasteiger partial charge in [0.1, 0.15) is 12.4 Å². The molecule has 4 nitrogen and oxygen atoms in total. The van der Waals surface area contributed by atoms with Gasteiger partial charge in [-0.15, -0.1) is 0 Å². The van der Waals surface area contributed by atoms with Gasteiger partial charge in [0, 0.05) is 19.0 Å². The fourth-order valence-corrected chi connectivity index (χ4v) is 3.38. The van der Waals surface area contributed by atoms with Crippen molar-refractivity contribution in [2.75, 3.05) is 0 Å². The number of carbonyl (C=O) groups excluding carboxylic acids is 1. The number of nitrogens with zero attached hydrogens (tertiary/aromatic N) is 2. The summed E-state index contributed by atoms with van der Waals surface area (Å²) in [7, 11) is 1.92. The average Bonchev–Trinajstić information content (AvgIpc) is 2.98. The predicted octanol–water partition coefficient (Wildman–Crippen LogP) is 3.45. The van der Waals surface area contributed by atoms with E-state index in [1.165, 1.54) is 0 Å². The maximum atomic E-state index is 11.6. The summed E-state index contributed by atoms with van der Waals surface area (Å²) in [5.74, 6) is 1.04. The van der Waals surface area contributed by atoms with Crippen molar-refractivity contribution >= 4 is 21.7 Å². The highest BCUT2D eigenvalue weighted by atomic mass is 79.9. The van der Waals surface area contributed by atoms with Crippen LogP contribution in [0.25, 0.3) is 0 Å². The number of hydrogen-bond acceptors (Lipinski definition) is 3. The Morgan fingerprint density at radius 2 is 2.19 bits per heavy atom. The number of carbonyl (C=O) groups is 1. The van der Waals surface area contributed by atoms with E-state index in [4.69, 9.17) is 4.74 Å². The van der Waals surface area contributed by atoms with Crippen LogP contribution in [0.5, 0.6) is 5.75 Å². The third-order valence-corrected chi connectivity index (χ3v) is 4.79. The van der Waals surface area contributed by atoms with Crippen LogP contribution < -0.4 is 4.74 Å². The van der Waals surface area contributed by atoms with Crippen molar-refractivity contribution in [3.05, 3.63) is 45.2 Å². The topological polar surface area (TPSA) is 44.1 Å². The van der Waals surface area contributed by atoms with Crippen LogP contribution in [0.2, 0.25) is 0 Å². The van der Waals surface area contributed by atoms with Gasteiger partial charge in [-0.05, 0) is 52.5 Å². The van der Waals surface area contributed by atoms with Crippen LogP contribution in [0.4, 0.5) is 0 Å². The van der Waals surface area contributed by atoms with E-state index in [0.29, 0.717) is 13.0 Å². The van der Waals surface area contributed by atoms with Crippen molar-refractivity contribution in [3.63, 3.8) is 0 Å². The van der Waals surface area contributed by atoms with E-state index in [-0.39, 0.29) is 5.78 Å². The SMILES string of the molecule is CCc1nn(C)c(COc2ccc3c(c2)CCC3=O)c1Br. The molecule has 0 fully saturated rings. The van der Waals surface area contributed by atoms with Crippen LogP contribution in [0, 0.1) is 0 Å². The Bertz CT molecular complexity index is 707. The van der Waals surface area contributed by atoms with Gasteiger partial charge in [0.15, 0.2) is 5.78 Å². The molecule has 3 rings (SSSR count). The monoisotopic (exact) mass is 348 g/mol. The minimum absolute atomic E-state index is 0.235. The highest BCUT2D eigenvalue weighted by Crippen LogP contribution is 2.28. The predicted molar refractivity (Wildman–Crippen MR) is 83.7 cm³/mol. The van der Waals surface area contributed by atoms with Gasteiger partial charge in [0.05, 0.1) is 15.9 Å². The summed E-state index contributed by atoms with van der Waals surface area (Å²) < 4.78 is 8.73. The molecule has 1 aromatic carbocycles. The summed E-state index contributed by atoms with van der Waals surface area (Å²) in [5, 5.41) is 4.45. The van der Waals surface area contributed by atoms with Gasteiger partial charge >= 0.3 is 0 Å². The van der Waals surface area contributed by atoms with Gasteiger partial charge in [-0.3, -0.25) is 9.48 Å². The first-order valence-electron chi connectivity index (χ1n) is 7.09. The number of rotatable bonds is 4. The third-order valence-electron chi connectivity index (χ3n) is 3.88. The fraction of sp³-hybridized carbons (Fsp3) is 0.375. The number of fused-ring (bicyclic) bond motifs is 1. The number of halogens is 1. The van der Waals surface area contributed by atoms with Crippen LogP contribution in [0.1, 0.15) is 40.7 Å². The smallest absolute Gasteiger partial charge is 0.163 e. The molecule has 0 bridgehead atoms. The largest absolute Gasteiger partial charge is 0.487 e. The molecule has 0 amide bonds. The van der Waals surface area contributed by atoms with Gasteiger partial charge < -0.3 is 4.74 Å². The molecule has 21 heavy (non-hydrogen) atoms. The maximum absolute atomic E-state index is 11.6. The van der Waals surface area contributed by atoms with Crippen molar-refractivity contribution in [2.24, 2.45) is 7.05 Å². The molecular formula is C16H17BrN2O2. The molecule has 5 heteroatoms. The van der Waals surface area contributed by atoms with E-state index in [2.05, 4.69) is 28.0 Å². The Balaban J connectivity index is 1.77. The van der Waals surface area contributed by atoms with E-state index >= 15 is 0 Å². The van der Waals surface area contributed by atoms with Crippen molar-refractivity contribution < 1.29 is 9.53 Å². The average molecular weight is 349 g/mol. The van der Waals surface area contributed by atoms with Crippen molar-refractivity contribution in [3.8, 4) is 5.75 Å². The quantitative estimate of drug-likeness (QED) is 0.849. The zero-order chi connectivity index (χ0) is 15.0. The van der Waals surface area contributed by atoms with Gasteiger partial charge in [-0.25, -0.2) is 0 Å². The second-order valence-corrected chi connectivity index (χ2v) is 6.01. The summed E-state index contributed by atoms with van der Waals surface area (Å²) in [6, 6.07) is 5.72. The number of aromatic nitrogens is 2. The van der Waals surface area contributed by atoms with Gasteiger partial charge in [-0.1, -0.05) is 6.92 Å². The van der Waals surface area contributed by atoms with Gasteiger partial charge in [-0.2, -0.15) is 5.10 Å². The van der Waals surface area contributed by atoms with E-state index in [9.17, 15) is 4.79 Å². The molecule has 1 heterocycles. The molecule has 0 saturated heterocycles. The highest BCUT2D eigenvalue weighted by molar-refractivity contribution is 9.10. The molecule has 2 aromatic rings. The Hall–Kier alpha value is -1.62. The molecule has 110 valence electrons. The summed E-state index contributed by atoms with van der Waals surface area (Å²) in [6.07, 6.45) is 2.32. The Labute approximate surface area is 132 Å². The number of ketones is 1. The van der Waals surface area contributed by atoms with Crippen molar-refractivity contribution in [2.45, 2.75) is 32.8 Å². The van der Waals surface area contributed by atoms with E-state index < -0.39 is 0 Å². The van der Waals surface area contributed by atoms with Crippen LogP contribution in [0.3, 0.4) is 0 Å². The molecule has 0 N–H and O–H groups in total. The number of benzene rings is 1. The van der Waals surface area contributed by atoms with Gasteiger partial charge in [0.25, 0.3) is 0 Å². The molecule has 1 aliphatic carbocycles. The lowest BCUT2D eigenvalue weighted by molar-refractivity contribution is 0.0994. The summed E-state index contributed by atoms with van der Waals surface area (Å²) in [4.78, 5) is 11.6. The molecule has 0 saturated carbocycles. The van der Waals surface area contributed by atoms with Crippen molar-refractivity contribution in [1.82, 2.24) is 9.78 Å². The first-order valence-corrected chi connectivity index (χ1v) is 7.88. The fourth-order valence-electron chi connectivity index (χ4n) is 2.65. The Kier molecular flexibility index (Phi) is 3.85. The molecule has 0 atom stereocenters. The second-order valence-electron chi connectivity index (χ2n) is 5.22. The zero-order valence-electron chi connectivity index (χ0n) is 12.1. The van der Waals surface area contributed by atoms with E-state index in [1.54, 1.807) is 0 Å². The zero-order valence-corrected chi connectivity index (χ0v) is 13.7. The normalized spacial score (nSPS) is 13.6. The summed E-state index contributed by atoms with van der Waals surface area (Å²) >= 11 is 3.59. The standard InChI is InChI=1S/C16H17BrN2O2/c1-3-13-16(17)14(19(2)18-13)9-21-11-5-6-12-10(8-11)4-7-15(12)20/h5-6,8H,3-4,7,9H2,1-2H3. The number of Topliss-reactive ketones (excluding diaryl/α,β-unsaturated/α-hetero) is 1. The minimum Gasteiger partial charge on any atom is -0.487 e. The lowest BCUT2D eigenvalue weighted by Crippen LogP contribution is -2.04.